The van der Waals surface area contributed by atoms with Gasteiger partial charge < -0.3 is 14.2 Å². The van der Waals surface area contributed by atoms with Crippen LogP contribution in [-0.2, 0) is 0 Å². The molecule has 0 saturated heterocycles. The monoisotopic (exact) mass is 861 g/mol. The van der Waals surface area contributed by atoms with Crippen molar-refractivity contribution in [3.63, 3.8) is 0 Å². The van der Waals surface area contributed by atoms with Crippen LogP contribution in [0.1, 0.15) is 301 Å². The Morgan fingerprint density at radius 1 is 0.333 bits per heavy atom. The van der Waals surface area contributed by atoms with E-state index in [0.717, 1.165) is 32.1 Å². The molecule has 0 saturated carbocycles. The molecular weight excluding hydrogens is 760 g/mol. The van der Waals surface area contributed by atoms with Gasteiger partial charge in [-0.25, -0.2) is 0 Å². The lowest BCUT2D eigenvalue weighted by molar-refractivity contribution is 0.108. The molecule has 0 heterocycles. The number of benzene rings is 1. The van der Waals surface area contributed by atoms with Gasteiger partial charge in [-0.3, -0.25) is 4.79 Å². The second-order valence-electron chi connectivity index (χ2n) is 18.4. The fourth-order valence-electron chi connectivity index (χ4n) is 8.48. The molecule has 0 bridgehead atoms. The minimum absolute atomic E-state index is 0.410. The van der Waals surface area contributed by atoms with Crippen LogP contribution in [0.3, 0.4) is 0 Å². The second-order valence-corrected chi connectivity index (χ2v) is 18.8. The van der Waals surface area contributed by atoms with Crippen LogP contribution >= 0.6 is 11.6 Å². The Bertz CT molecular complexity index is 988. The van der Waals surface area contributed by atoms with Crippen LogP contribution in [0.2, 0.25) is 0 Å². The van der Waals surface area contributed by atoms with Gasteiger partial charge in [0.2, 0.25) is 5.75 Å². The van der Waals surface area contributed by atoms with Gasteiger partial charge in [0.1, 0.15) is 0 Å². The largest absolute Gasteiger partial charge is 0.490 e. The minimum atomic E-state index is -0.490. The van der Waals surface area contributed by atoms with Gasteiger partial charge in [-0.05, 0) is 43.0 Å². The van der Waals surface area contributed by atoms with Crippen molar-refractivity contribution in [3.8, 4) is 17.2 Å². The van der Waals surface area contributed by atoms with Gasteiger partial charge in [0.25, 0.3) is 5.24 Å². The summed E-state index contributed by atoms with van der Waals surface area (Å²) in [5.74, 6) is 1.83. The van der Waals surface area contributed by atoms with E-state index in [1.165, 1.54) is 238 Å². The van der Waals surface area contributed by atoms with E-state index in [1.807, 2.05) is 0 Å². The molecule has 0 aliphatic rings. The highest BCUT2D eigenvalue weighted by atomic mass is 35.5. The van der Waals surface area contributed by atoms with Crippen molar-refractivity contribution in [3.05, 3.63) is 17.7 Å². The molecule has 0 aromatic heterocycles. The Hall–Kier alpha value is -1.42. The standard InChI is InChI=1S/C55H101ClO4/c1-4-7-10-13-16-19-22-25-28-31-34-37-40-43-46-58-52-49-51(55(56)57)50-53(59-47-44-41-38-35-32-29-26-23-20-17-14-11-8-5-2)54(52)60-48-45-42-39-36-33-30-27-24-21-18-15-12-9-6-3/h49-50H,4-48H2,1-3H3. The molecule has 0 radical (unpaired) electrons. The zero-order valence-electron chi connectivity index (χ0n) is 40.5. The number of carbonyl (C=O) groups is 1. The third-order valence-corrected chi connectivity index (χ3v) is 12.7. The molecular formula is C55H101ClO4. The molecule has 0 amide bonds. The molecule has 0 N–H and O–H groups in total. The third-order valence-electron chi connectivity index (χ3n) is 12.5. The molecule has 0 fully saturated rings. The van der Waals surface area contributed by atoms with E-state index in [4.69, 9.17) is 25.8 Å². The first-order valence-electron chi connectivity index (χ1n) is 26.9. The number of hydrogen-bond acceptors (Lipinski definition) is 4. The Kier molecular flexibility index (Phi) is 43.0. The summed E-state index contributed by atoms with van der Waals surface area (Å²) < 4.78 is 19.2. The average molecular weight is 862 g/mol. The van der Waals surface area contributed by atoms with Crippen molar-refractivity contribution in [2.24, 2.45) is 0 Å². The Morgan fingerprint density at radius 2 is 0.533 bits per heavy atom. The highest BCUT2D eigenvalue weighted by Crippen LogP contribution is 2.40. The molecule has 1 aromatic rings. The van der Waals surface area contributed by atoms with Crippen molar-refractivity contribution in [2.45, 2.75) is 290 Å². The van der Waals surface area contributed by atoms with Crippen LogP contribution in [0.5, 0.6) is 17.2 Å². The summed E-state index contributed by atoms with van der Waals surface area (Å²) in [7, 11) is 0. The van der Waals surface area contributed by atoms with E-state index in [0.29, 0.717) is 42.6 Å². The topological polar surface area (TPSA) is 44.8 Å². The molecule has 1 aromatic carbocycles. The number of hydrogen-bond donors (Lipinski definition) is 0. The Labute approximate surface area is 379 Å². The van der Waals surface area contributed by atoms with Crippen LogP contribution in [0.25, 0.3) is 0 Å². The van der Waals surface area contributed by atoms with E-state index in [-0.39, 0.29) is 0 Å². The molecule has 60 heavy (non-hydrogen) atoms. The van der Waals surface area contributed by atoms with Crippen molar-refractivity contribution in [2.75, 3.05) is 19.8 Å². The number of ether oxygens (including phenoxy) is 3. The summed E-state index contributed by atoms with van der Waals surface area (Å²) in [6, 6.07) is 3.53. The molecule has 352 valence electrons. The fourth-order valence-corrected chi connectivity index (χ4v) is 8.58. The summed E-state index contributed by atoms with van der Waals surface area (Å²) in [6.07, 6.45) is 55.8. The predicted molar refractivity (Wildman–Crippen MR) is 264 cm³/mol. The fraction of sp³-hybridized carbons (Fsp3) is 0.873. The highest BCUT2D eigenvalue weighted by molar-refractivity contribution is 6.67. The van der Waals surface area contributed by atoms with Gasteiger partial charge in [0.15, 0.2) is 11.5 Å². The zero-order chi connectivity index (χ0) is 43.2. The van der Waals surface area contributed by atoms with E-state index in [2.05, 4.69) is 20.8 Å². The summed E-state index contributed by atoms with van der Waals surface area (Å²) in [5.41, 5.74) is 0.410. The van der Waals surface area contributed by atoms with Crippen LogP contribution in [0.15, 0.2) is 12.1 Å². The lowest BCUT2D eigenvalue weighted by Gasteiger charge is -2.18. The second kappa shape index (κ2) is 45.6. The van der Waals surface area contributed by atoms with Crippen molar-refractivity contribution < 1.29 is 19.0 Å². The van der Waals surface area contributed by atoms with E-state index in [9.17, 15) is 4.79 Å². The van der Waals surface area contributed by atoms with Crippen LogP contribution in [0, 0.1) is 0 Å². The number of rotatable bonds is 49. The molecule has 4 nitrogen and oxygen atoms in total. The number of carbonyl (C=O) groups excluding carboxylic acids is 1. The van der Waals surface area contributed by atoms with Crippen LogP contribution in [-0.4, -0.2) is 25.1 Å². The van der Waals surface area contributed by atoms with Gasteiger partial charge in [0.05, 0.1) is 19.8 Å². The number of halogens is 1. The number of unbranched alkanes of at least 4 members (excludes halogenated alkanes) is 39. The summed E-state index contributed by atoms with van der Waals surface area (Å²) in [4.78, 5) is 12.4. The van der Waals surface area contributed by atoms with Gasteiger partial charge in [-0.2, -0.15) is 0 Å². The van der Waals surface area contributed by atoms with Gasteiger partial charge >= 0.3 is 0 Å². The molecule has 5 heteroatoms. The predicted octanol–water partition coefficient (Wildman–Crippen LogP) is 19.6. The van der Waals surface area contributed by atoms with Crippen molar-refractivity contribution >= 4 is 16.8 Å². The van der Waals surface area contributed by atoms with Gasteiger partial charge in [-0.1, -0.05) is 271 Å². The maximum atomic E-state index is 12.4. The van der Waals surface area contributed by atoms with Crippen LogP contribution in [0.4, 0.5) is 0 Å². The summed E-state index contributed by atoms with van der Waals surface area (Å²) in [5, 5.41) is -0.490. The van der Waals surface area contributed by atoms with E-state index < -0.39 is 5.24 Å². The summed E-state index contributed by atoms with van der Waals surface area (Å²) >= 11 is 6.05. The average Bonchev–Trinajstić information content (AvgIpc) is 3.25. The lowest BCUT2D eigenvalue weighted by Crippen LogP contribution is -2.07. The zero-order valence-corrected chi connectivity index (χ0v) is 41.2. The van der Waals surface area contributed by atoms with Crippen LogP contribution < -0.4 is 14.2 Å². The van der Waals surface area contributed by atoms with Gasteiger partial charge in [0, 0.05) is 5.56 Å². The van der Waals surface area contributed by atoms with Crippen molar-refractivity contribution in [1.29, 1.82) is 0 Å². The smallest absolute Gasteiger partial charge is 0.252 e. The van der Waals surface area contributed by atoms with E-state index in [1.54, 1.807) is 12.1 Å². The van der Waals surface area contributed by atoms with E-state index >= 15 is 0 Å². The SMILES string of the molecule is CCCCCCCCCCCCCCCCOc1cc(C(=O)Cl)cc(OCCCCCCCCCCCCCCCC)c1OCCCCCCCCCCCCCCCC. The lowest BCUT2D eigenvalue weighted by atomic mass is 10.0. The molecule has 0 atom stereocenters. The maximum absolute atomic E-state index is 12.4. The first-order chi connectivity index (χ1) is 29.6. The Morgan fingerprint density at radius 3 is 0.750 bits per heavy atom. The van der Waals surface area contributed by atoms with Gasteiger partial charge in [-0.15, -0.1) is 0 Å². The molecule has 0 aliphatic heterocycles. The Balaban J connectivity index is 2.50. The highest BCUT2D eigenvalue weighted by Gasteiger charge is 2.18. The molecule has 0 unspecified atom stereocenters. The molecule has 1 rings (SSSR count). The molecule has 0 spiro atoms. The third kappa shape index (κ3) is 36.1. The first kappa shape index (κ1) is 56.6. The minimum Gasteiger partial charge on any atom is -0.490 e. The van der Waals surface area contributed by atoms with Crippen molar-refractivity contribution in [1.82, 2.24) is 0 Å². The maximum Gasteiger partial charge on any atom is 0.252 e. The summed E-state index contributed by atoms with van der Waals surface area (Å²) in [6.45, 7) is 8.70. The molecule has 0 aliphatic carbocycles. The normalized spacial score (nSPS) is 11.4. The quantitative estimate of drug-likeness (QED) is 0.0484. The first-order valence-corrected chi connectivity index (χ1v) is 27.3.